The third-order valence-corrected chi connectivity index (χ3v) is 15.5. The fraction of sp³-hybridized carbons (Fsp3) is 0.891. The Labute approximate surface area is 455 Å². The van der Waals surface area contributed by atoms with E-state index in [1.54, 1.807) is 6.08 Å². The maximum atomic E-state index is 13.0. The minimum atomic E-state index is -4.61. The van der Waals surface area contributed by atoms with Crippen molar-refractivity contribution >= 4 is 13.7 Å². The van der Waals surface area contributed by atoms with Crippen molar-refractivity contribution in [2.45, 2.75) is 328 Å². The van der Waals surface area contributed by atoms with Crippen molar-refractivity contribution < 1.29 is 32.9 Å². The number of unbranched alkanes of at least 4 members (excludes halogenated alkanes) is 42. The number of hydrogen-bond acceptors (Lipinski definition) is 6. The zero-order valence-electron chi connectivity index (χ0n) is 49.4. The lowest BCUT2D eigenvalue weighted by Gasteiger charge is -2.29. The Morgan fingerprint density at radius 3 is 1.11 bits per heavy atom. The largest absolute Gasteiger partial charge is 0.756 e. The SMILES string of the molecule is CCCCCCCCCCCCCCCCCC/C=C/CC/C=C/CC/C=C/C(O)C(COP(=O)([O-])OCC[N+](C)(C)C)NC(=O)CCCCCCCCCCCCCCCCCCCCCCCCCCC. The Kier molecular flexibility index (Phi) is 54.5. The minimum absolute atomic E-state index is 0.00720. The van der Waals surface area contributed by atoms with E-state index in [9.17, 15) is 19.4 Å². The highest BCUT2D eigenvalue weighted by molar-refractivity contribution is 7.45. The number of carbonyl (C=O) groups excluding carboxylic acids is 1. The van der Waals surface area contributed by atoms with Crippen molar-refractivity contribution in [3.8, 4) is 0 Å². The number of nitrogens with zero attached hydrogens (tertiary/aromatic N) is 1. The Balaban J connectivity index is 4.19. The number of allylic oxidation sites excluding steroid dienone is 5. The fourth-order valence-electron chi connectivity index (χ4n) is 9.60. The minimum Gasteiger partial charge on any atom is -0.756 e. The molecule has 73 heavy (non-hydrogen) atoms. The van der Waals surface area contributed by atoms with Crippen LogP contribution in [0.3, 0.4) is 0 Å². The number of phosphoric ester groups is 1. The van der Waals surface area contributed by atoms with Gasteiger partial charge in [-0.3, -0.25) is 9.36 Å². The number of nitrogens with one attached hydrogen (secondary N) is 1. The average Bonchev–Trinajstić information content (AvgIpc) is 3.35. The molecule has 3 atom stereocenters. The van der Waals surface area contributed by atoms with Crippen LogP contribution < -0.4 is 10.2 Å². The van der Waals surface area contributed by atoms with Crippen LogP contribution >= 0.6 is 7.82 Å². The third kappa shape index (κ3) is 58.2. The van der Waals surface area contributed by atoms with Crippen LogP contribution in [-0.4, -0.2) is 68.5 Å². The zero-order valence-corrected chi connectivity index (χ0v) is 50.3. The van der Waals surface area contributed by atoms with Crippen LogP contribution in [0.4, 0.5) is 0 Å². The van der Waals surface area contributed by atoms with Gasteiger partial charge >= 0.3 is 0 Å². The molecule has 0 saturated carbocycles. The summed E-state index contributed by atoms with van der Waals surface area (Å²) in [4.78, 5) is 25.6. The van der Waals surface area contributed by atoms with E-state index < -0.39 is 26.6 Å². The molecule has 432 valence electrons. The lowest BCUT2D eigenvalue weighted by Crippen LogP contribution is -2.45. The van der Waals surface area contributed by atoms with Gasteiger partial charge in [0.15, 0.2) is 0 Å². The molecule has 0 bridgehead atoms. The van der Waals surface area contributed by atoms with Gasteiger partial charge in [0.25, 0.3) is 7.82 Å². The summed E-state index contributed by atoms with van der Waals surface area (Å²) in [6.07, 6.45) is 72.5. The van der Waals surface area contributed by atoms with Crippen LogP contribution in [0.1, 0.15) is 316 Å². The van der Waals surface area contributed by atoms with Crippen molar-refractivity contribution in [3.05, 3.63) is 36.5 Å². The van der Waals surface area contributed by atoms with Crippen LogP contribution in [0.15, 0.2) is 36.5 Å². The predicted octanol–water partition coefficient (Wildman–Crippen LogP) is 19.1. The normalized spacial score (nSPS) is 14.0. The van der Waals surface area contributed by atoms with Crippen molar-refractivity contribution in [3.63, 3.8) is 0 Å². The van der Waals surface area contributed by atoms with Crippen molar-refractivity contribution in [1.82, 2.24) is 5.32 Å². The number of quaternary nitrogens is 1. The van der Waals surface area contributed by atoms with Gasteiger partial charge in [0.1, 0.15) is 13.2 Å². The van der Waals surface area contributed by atoms with E-state index in [2.05, 4.69) is 43.5 Å². The Morgan fingerprint density at radius 1 is 0.466 bits per heavy atom. The molecule has 0 rings (SSSR count). The second-order valence-corrected chi connectivity index (χ2v) is 24.5. The van der Waals surface area contributed by atoms with Gasteiger partial charge in [0.05, 0.1) is 39.9 Å². The summed E-state index contributed by atoms with van der Waals surface area (Å²) < 4.78 is 23.4. The second kappa shape index (κ2) is 55.5. The molecule has 0 fully saturated rings. The standard InChI is InChI=1S/C64H125N2O6P/c1-6-8-10-12-14-16-18-20-22-24-26-28-30-32-34-35-37-39-41-43-45-47-49-51-53-55-57-63(67)62(61-72-73(69,70)71-60-59-66(3,4)5)65-64(68)58-56-54-52-50-48-46-44-42-40-38-36-33-31-29-27-25-23-21-19-17-15-13-11-9-7-2/h39,41,47,49,55,57,62-63,67H,6-38,40,42-46,48,50-54,56,58-61H2,1-5H3,(H-,65,68,69,70)/b41-39+,49-47+,57-55+. The first kappa shape index (κ1) is 71.7. The molecule has 0 aromatic rings. The lowest BCUT2D eigenvalue weighted by atomic mass is 10.0. The molecular weight excluding hydrogens is 924 g/mol. The quantitative estimate of drug-likeness (QED) is 0.0272. The van der Waals surface area contributed by atoms with Crippen molar-refractivity contribution in [2.24, 2.45) is 0 Å². The molecule has 2 N–H and O–H groups in total. The number of hydrogen-bond donors (Lipinski definition) is 2. The van der Waals surface area contributed by atoms with E-state index in [0.29, 0.717) is 17.4 Å². The fourth-order valence-corrected chi connectivity index (χ4v) is 10.3. The molecule has 0 aliphatic carbocycles. The number of carbonyl (C=O) groups is 1. The van der Waals surface area contributed by atoms with Gasteiger partial charge in [-0.1, -0.05) is 301 Å². The van der Waals surface area contributed by atoms with Crippen LogP contribution in [0.25, 0.3) is 0 Å². The predicted molar refractivity (Wildman–Crippen MR) is 316 cm³/mol. The number of aliphatic hydroxyl groups excluding tert-OH is 1. The molecule has 0 aromatic heterocycles. The Bertz CT molecular complexity index is 1280. The topological polar surface area (TPSA) is 108 Å². The summed E-state index contributed by atoms with van der Waals surface area (Å²) in [6, 6.07) is -0.909. The van der Waals surface area contributed by atoms with E-state index in [1.807, 2.05) is 27.2 Å². The van der Waals surface area contributed by atoms with Crippen LogP contribution in [0, 0.1) is 0 Å². The van der Waals surface area contributed by atoms with E-state index in [-0.39, 0.29) is 12.5 Å². The number of phosphoric acid groups is 1. The lowest BCUT2D eigenvalue weighted by molar-refractivity contribution is -0.870. The van der Waals surface area contributed by atoms with Gasteiger partial charge < -0.3 is 28.8 Å². The van der Waals surface area contributed by atoms with Gasteiger partial charge in [-0.05, 0) is 44.9 Å². The molecule has 0 heterocycles. The van der Waals surface area contributed by atoms with Crippen molar-refractivity contribution in [1.29, 1.82) is 0 Å². The summed E-state index contributed by atoms with van der Waals surface area (Å²) in [7, 11) is 1.25. The summed E-state index contributed by atoms with van der Waals surface area (Å²) in [5.74, 6) is -0.205. The highest BCUT2D eigenvalue weighted by Gasteiger charge is 2.23. The molecular formula is C64H125N2O6P. The maximum absolute atomic E-state index is 13.0. The highest BCUT2D eigenvalue weighted by Crippen LogP contribution is 2.38. The van der Waals surface area contributed by atoms with E-state index in [4.69, 9.17) is 9.05 Å². The molecule has 8 nitrogen and oxygen atoms in total. The number of amides is 1. The van der Waals surface area contributed by atoms with E-state index in [1.165, 1.54) is 250 Å². The molecule has 0 aliphatic rings. The summed E-state index contributed by atoms with van der Waals surface area (Å²) in [6.45, 7) is 4.67. The molecule has 0 saturated heterocycles. The number of rotatable bonds is 59. The summed E-state index contributed by atoms with van der Waals surface area (Å²) in [5.41, 5.74) is 0. The third-order valence-electron chi connectivity index (χ3n) is 14.6. The van der Waals surface area contributed by atoms with Gasteiger partial charge in [0, 0.05) is 6.42 Å². The highest BCUT2D eigenvalue weighted by atomic mass is 31.2. The molecule has 1 amide bonds. The molecule has 0 aliphatic heterocycles. The summed E-state index contributed by atoms with van der Waals surface area (Å²) >= 11 is 0. The second-order valence-electron chi connectivity index (χ2n) is 23.1. The summed E-state index contributed by atoms with van der Waals surface area (Å²) in [5, 5.41) is 13.9. The first-order valence-electron chi connectivity index (χ1n) is 31.9. The molecule has 0 spiro atoms. The Morgan fingerprint density at radius 2 is 0.767 bits per heavy atom. The smallest absolute Gasteiger partial charge is 0.268 e. The molecule has 0 aromatic carbocycles. The maximum Gasteiger partial charge on any atom is 0.268 e. The van der Waals surface area contributed by atoms with Gasteiger partial charge in [-0.15, -0.1) is 0 Å². The van der Waals surface area contributed by atoms with E-state index >= 15 is 0 Å². The van der Waals surface area contributed by atoms with E-state index in [0.717, 1.165) is 44.9 Å². The first-order chi connectivity index (χ1) is 35.5. The van der Waals surface area contributed by atoms with Gasteiger partial charge in [-0.25, -0.2) is 0 Å². The molecule has 0 radical (unpaired) electrons. The molecule has 3 unspecified atom stereocenters. The molecule has 9 heteroatoms. The monoisotopic (exact) mass is 1050 g/mol. The number of aliphatic hydroxyl groups is 1. The Hall–Kier alpha value is -1.28. The zero-order chi connectivity index (χ0) is 53.5. The van der Waals surface area contributed by atoms with Gasteiger partial charge in [0.2, 0.25) is 5.91 Å². The van der Waals surface area contributed by atoms with Crippen LogP contribution in [0.2, 0.25) is 0 Å². The first-order valence-corrected chi connectivity index (χ1v) is 33.3. The van der Waals surface area contributed by atoms with Crippen LogP contribution in [0.5, 0.6) is 0 Å². The average molecular weight is 1050 g/mol. The number of likely N-dealkylation sites (N-methyl/N-ethyl adjacent to an activating group) is 1. The van der Waals surface area contributed by atoms with Crippen molar-refractivity contribution in [2.75, 3.05) is 40.9 Å². The van der Waals surface area contributed by atoms with Gasteiger partial charge in [-0.2, -0.15) is 0 Å². The van der Waals surface area contributed by atoms with Crippen LogP contribution in [-0.2, 0) is 18.4 Å².